The van der Waals surface area contributed by atoms with Crippen molar-refractivity contribution in [2.24, 2.45) is 5.92 Å². The number of hydrogen-bond donors (Lipinski definition) is 1. The third-order valence-electron chi connectivity index (χ3n) is 5.01. The molecule has 3 aromatic rings. The summed E-state index contributed by atoms with van der Waals surface area (Å²) in [6, 6.07) is 12.6. The van der Waals surface area contributed by atoms with Gasteiger partial charge in [0.05, 0.1) is 11.7 Å². The summed E-state index contributed by atoms with van der Waals surface area (Å²) in [7, 11) is -3.67. The topological polar surface area (TPSA) is 92.3 Å². The van der Waals surface area contributed by atoms with Crippen LogP contribution >= 0.6 is 11.7 Å². The number of nitrogens with one attached hydrogen (secondary N) is 1. The van der Waals surface area contributed by atoms with Crippen LogP contribution in [0.15, 0.2) is 47.4 Å². The van der Waals surface area contributed by atoms with E-state index in [2.05, 4.69) is 14.1 Å². The van der Waals surface area contributed by atoms with Crippen molar-refractivity contribution < 1.29 is 13.2 Å². The van der Waals surface area contributed by atoms with Crippen molar-refractivity contribution >= 4 is 44.4 Å². The molecule has 2 heterocycles. The SMILES string of the molecule is Cc1ccc(NC(=O)C2CCN(S(=O)(=O)c3cccc4nsnc34)CC2)cc1. The first kappa shape index (κ1) is 19.0. The Morgan fingerprint density at radius 2 is 1.82 bits per heavy atom. The fraction of sp³-hybridized carbons (Fsp3) is 0.316. The first-order valence-corrected chi connectivity index (χ1v) is 11.2. The third-order valence-corrected chi connectivity index (χ3v) is 7.48. The lowest BCUT2D eigenvalue weighted by atomic mass is 9.97. The normalized spacial score (nSPS) is 16.3. The molecule has 1 N–H and O–H groups in total. The number of carbonyl (C=O) groups is 1. The van der Waals surface area contributed by atoms with E-state index < -0.39 is 10.0 Å². The van der Waals surface area contributed by atoms with Crippen LogP contribution < -0.4 is 5.32 Å². The smallest absolute Gasteiger partial charge is 0.245 e. The van der Waals surface area contributed by atoms with Gasteiger partial charge < -0.3 is 5.32 Å². The van der Waals surface area contributed by atoms with Gasteiger partial charge >= 0.3 is 0 Å². The summed E-state index contributed by atoms with van der Waals surface area (Å²) < 4.78 is 35.8. The maximum atomic E-state index is 13.1. The molecule has 0 radical (unpaired) electrons. The number of aryl methyl sites for hydroxylation is 1. The van der Waals surface area contributed by atoms with E-state index in [0.717, 1.165) is 23.0 Å². The van der Waals surface area contributed by atoms with Crippen molar-refractivity contribution in [1.82, 2.24) is 13.1 Å². The molecule has 1 aliphatic heterocycles. The summed E-state index contributed by atoms with van der Waals surface area (Å²) in [5.74, 6) is -0.267. The maximum Gasteiger partial charge on any atom is 0.245 e. The van der Waals surface area contributed by atoms with Gasteiger partial charge in [0.15, 0.2) is 0 Å². The first-order valence-electron chi connectivity index (χ1n) is 9.04. The Morgan fingerprint density at radius 3 is 2.54 bits per heavy atom. The Balaban J connectivity index is 1.44. The van der Waals surface area contributed by atoms with Crippen LogP contribution in [0.3, 0.4) is 0 Å². The molecule has 1 aromatic heterocycles. The molecule has 0 spiro atoms. The average molecular weight is 417 g/mol. The predicted octanol–water partition coefficient (Wildman–Crippen LogP) is 3.04. The first-order chi connectivity index (χ1) is 13.4. The van der Waals surface area contributed by atoms with Crippen molar-refractivity contribution in [2.45, 2.75) is 24.7 Å². The fourth-order valence-electron chi connectivity index (χ4n) is 3.37. The van der Waals surface area contributed by atoms with Gasteiger partial charge in [-0.25, -0.2) is 8.42 Å². The van der Waals surface area contributed by atoms with Crippen LogP contribution in [0.2, 0.25) is 0 Å². The van der Waals surface area contributed by atoms with Crippen molar-refractivity contribution in [1.29, 1.82) is 0 Å². The number of hydrogen-bond acceptors (Lipinski definition) is 6. The van der Waals surface area contributed by atoms with Gasteiger partial charge in [0, 0.05) is 24.7 Å². The number of benzene rings is 2. The van der Waals surface area contributed by atoms with E-state index in [-0.39, 0.29) is 16.7 Å². The number of aromatic nitrogens is 2. The van der Waals surface area contributed by atoms with Crippen LogP contribution in [0, 0.1) is 12.8 Å². The number of sulfonamides is 1. The number of anilines is 1. The summed E-state index contributed by atoms with van der Waals surface area (Å²) in [4.78, 5) is 12.7. The molecule has 7 nitrogen and oxygen atoms in total. The fourth-order valence-corrected chi connectivity index (χ4v) is 5.59. The summed E-state index contributed by atoms with van der Waals surface area (Å²) in [5.41, 5.74) is 2.88. The molecule has 4 rings (SSSR count). The molecule has 0 unspecified atom stereocenters. The monoisotopic (exact) mass is 416 g/mol. The van der Waals surface area contributed by atoms with Gasteiger partial charge in [-0.1, -0.05) is 23.8 Å². The Labute approximate surface area is 167 Å². The van der Waals surface area contributed by atoms with Crippen molar-refractivity contribution in [3.63, 3.8) is 0 Å². The molecule has 1 fully saturated rings. The van der Waals surface area contributed by atoms with Crippen LogP contribution in [0.4, 0.5) is 5.69 Å². The molecule has 1 aliphatic rings. The summed E-state index contributed by atoms with van der Waals surface area (Å²) in [6.45, 7) is 2.61. The highest BCUT2D eigenvalue weighted by atomic mass is 32.2. The minimum Gasteiger partial charge on any atom is -0.326 e. The molecule has 28 heavy (non-hydrogen) atoms. The molecule has 2 aromatic carbocycles. The van der Waals surface area contributed by atoms with Crippen molar-refractivity contribution in [3.05, 3.63) is 48.0 Å². The van der Waals surface area contributed by atoms with E-state index in [9.17, 15) is 13.2 Å². The van der Waals surface area contributed by atoms with Crippen LogP contribution in [0.25, 0.3) is 11.0 Å². The Kier molecular flexibility index (Phi) is 5.13. The standard InChI is InChI=1S/C19H20N4O3S2/c1-13-5-7-15(8-6-13)20-19(24)14-9-11-23(12-10-14)28(25,26)17-4-2-3-16-18(17)22-27-21-16/h2-8,14H,9-12H2,1H3,(H,20,24). The van der Waals surface area contributed by atoms with Gasteiger partial charge in [0.2, 0.25) is 15.9 Å². The van der Waals surface area contributed by atoms with Crippen LogP contribution in [-0.4, -0.2) is 40.5 Å². The second-order valence-electron chi connectivity index (χ2n) is 6.92. The second-order valence-corrected chi connectivity index (χ2v) is 9.36. The molecule has 0 aliphatic carbocycles. The molecule has 146 valence electrons. The highest BCUT2D eigenvalue weighted by Crippen LogP contribution is 2.28. The molecule has 9 heteroatoms. The van der Waals surface area contributed by atoms with Crippen LogP contribution in [-0.2, 0) is 14.8 Å². The number of carbonyl (C=O) groups excluding carboxylic acids is 1. The average Bonchev–Trinajstić information content (AvgIpc) is 3.18. The van der Waals surface area contributed by atoms with Gasteiger partial charge in [0.25, 0.3) is 0 Å². The van der Waals surface area contributed by atoms with E-state index >= 15 is 0 Å². The number of rotatable bonds is 4. The largest absolute Gasteiger partial charge is 0.326 e. The summed E-state index contributed by atoms with van der Waals surface area (Å²) >= 11 is 1.000. The quantitative estimate of drug-likeness (QED) is 0.706. The van der Waals surface area contributed by atoms with Crippen molar-refractivity contribution in [2.75, 3.05) is 18.4 Å². The number of fused-ring (bicyclic) bond motifs is 1. The Morgan fingerprint density at radius 1 is 1.11 bits per heavy atom. The lowest BCUT2D eigenvalue weighted by Crippen LogP contribution is -2.41. The zero-order valence-electron chi connectivity index (χ0n) is 15.3. The number of piperidine rings is 1. The molecule has 1 amide bonds. The number of nitrogens with zero attached hydrogens (tertiary/aromatic N) is 3. The maximum absolute atomic E-state index is 13.1. The van der Waals surface area contributed by atoms with Gasteiger partial charge in [-0.3, -0.25) is 4.79 Å². The van der Waals surface area contributed by atoms with E-state index in [0.29, 0.717) is 37.0 Å². The lowest BCUT2D eigenvalue weighted by molar-refractivity contribution is -0.120. The summed E-state index contributed by atoms with van der Waals surface area (Å²) in [6.07, 6.45) is 0.977. The minimum absolute atomic E-state index is 0.0632. The lowest BCUT2D eigenvalue weighted by Gasteiger charge is -2.30. The predicted molar refractivity (Wildman–Crippen MR) is 109 cm³/mol. The molecular weight excluding hydrogens is 396 g/mol. The summed E-state index contributed by atoms with van der Waals surface area (Å²) in [5, 5.41) is 2.92. The Bertz CT molecular complexity index is 1100. The van der Waals surface area contributed by atoms with E-state index in [1.165, 1.54) is 4.31 Å². The molecule has 1 saturated heterocycles. The van der Waals surface area contributed by atoms with Gasteiger partial charge in [-0.05, 0) is 44.0 Å². The highest BCUT2D eigenvalue weighted by Gasteiger charge is 2.33. The van der Waals surface area contributed by atoms with Gasteiger partial charge in [0.1, 0.15) is 15.9 Å². The van der Waals surface area contributed by atoms with Crippen LogP contribution in [0.5, 0.6) is 0 Å². The Hall–Kier alpha value is -2.36. The highest BCUT2D eigenvalue weighted by molar-refractivity contribution is 7.89. The molecular formula is C19H20N4O3S2. The zero-order chi connectivity index (χ0) is 19.7. The van der Waals surface area contributed by atoms with Gasteiger partial charge in [-0.15, -0.1) is 0 Å². The zero-order valence-corrected chi connectivity index (χ0v) is 17.0. The minimum atomic E-state index is -3.67. The van der Waals surface area contributed by atoms with Crippen LogP contribution in [0.1, 0.15) is 18.4 Å². The van der Waals surface area contributed by atoms with E-state index in [4.69, 9.17) is 0 Å². The molecule has 0 bridgehead atoms. The second kappa shape index (κ2) is 7.57. The molecule has 0 saturated carbocycles. The van der Waals surface area contributed by atoms with Gasteiger partial charge in [-0.2, -0.15) is 13.1 Å². The molecule has 0 atom stereocenters. The van der Waals surface area contributed by atoms with E-state index in [1.54, 1.807) is 18.2 Å². The number of amides is 1. The van der Waals surface area contributed by atoms with Crippen molar-refractivity contribution in [3.8, 4) is 0 Å². The van der Waals surface area contributed by atoms with E-state index in [1.807, 2.05) is 31.2 Å². The third kappa shape index (κ3) is 3.65.